The van der Waals surface area contributed by atoms with E-state index in [0.717, 1.165) is 30.6 Å². The van der Waals surface area contributed by atoms with Gasteiger partial charge in [0.25, 0.3) is 0 Å². The van der Waals surface area contributed by atoms with E-state index in [2.05, 4.69) is 10.1 Å². The second-order valence-corrected chi connectivity index (χ2v) is 5.92. The van der Waals surface area contributed by atoms with Gasteiger partial charge in [0.2, 0.25) is 0 Å². The molecule has 1 fully saturated rings. The Bertz CT molecular complexity index is 627. The van der Waals surface area contributed by atoms with Crippen molar-refractivity contribution in [1.82, 2.24) is 14.8 Å². The summed E-state index contributed by atoms with van der Waals surface area (Å²) in [5.74, 6) is 0. The molecule has 22 heavy (non-hydrogen) atoms. The standard InChI is InChI=1S/C15H17Cl2N3O2/c16-13-7-11(8-18-15(13)17)12-9-19-20(10-12)4-6-22-14-3-1-2-5-21-14/h7-10,14H,1-6H2. The lowest BCUT2D eigenvalue weighted by atomic mass is 10.2. The zero-order valence-electron chi connectivity index (χ0n) is 12.0. The number of pyridine rings is 1. The highest BCUT2D eigenvalue weighted by molar-refractivity contribution is 6.41. The quantitative estimate of drug-likeness (QED) is 0.776. The number of hydrogen-bond acceptors (Lipinski definition) is 4. The highest BCUT2D eigenvalue weighted by atomic mass is 35.5. The lowest BCUT2D eigenvalue weighted by Gasteiger charge is -2.22. The van der Waals surface area contributed by atoms with E-state index in [1.165, 1.54) is 6.42 Å². The Labute approximate surface area is 139 Å². The maximum Gasteiger partial charge on any atom is 0.157 e. The van der Waals surface area contributed by atoms with Crippen LogP contribution in [-0.2, 0) is 16.0 Å². The largest absolute Gasteiger partial charge is 0.353 e. The van der Waals surface area contributed by atoms with Crippen LogP contribution >= 0.6 is 23.2 Å². The van der Waals surface area contributed by atoms with Gasteiger partial charge < -0.3 is 9.47 Å². The number of aromatic nitrogens is 3. The van der Waals surface area contributed by atoms with Crippen molar-refractivity contribution in [3.05, 3.63) is 34.8 Å². The summed E-state index contributed by atoms with van der Waals surface area (Å²) in [7, 11) is 0. The zero-order valence-corrected chi connectivity index (χ0v) is 13.6. The average molecular weight is 342 g/mol. The molecule has 0 amide bonds. The minimum atomic E-state index is -0.0666. The predicted molar refractivity (Wildman–Crippen MR) is 85.0 cm³/mol. The molecule has 2 aromatic rings. The fraction of sp³-hybridized carbons (Fsp3) is 0.467. The summed E-state index contributed by atoms with van der Waals surface area (Å²) < 4.78 is 13.1. The van der Waals surface area contributed by atoms with Crippen molar-refractivity contribution in [2.75, 3.05) is 13.2 Å². The smallest absolute Gasteiger partial charge is 0.157 e. The molecule has 0 bridgehead atoms. The fourth-order valence-corrected chi connectivity index (χ4v) is 2.60. The molecule has 0 N–H and O–H groups in total. The first kappa shape index (κ1) is 15.7. The Balaban J connectivity index is 1.55. The molecule has 2 aromatic heterocycles. The summed E-state index contributed by atoms with van der Waals surface area (Å²) >= 11 is 11.8. The van der Waals surface area contributed by atoms with Gasteiger partial charge in [-0.15, -0.1) is 0 Å². The molecule has 7 heteroatoms. The van der Waals surface area contributed by atoms with Crippen molar-refractivity contribution in [1.29, 1.82) is 0 Å². The van der Waals surface area contributed by atoms with Gasteiger partial charge in [-0.3, -0.25) is 4.68 Å². The normalized spacial score (nSPS) is 18.5. The molecule has 0 aliphatic carbocycles. The number of ether oxygens (including phenoxy) is 2. The summed E-state index contributed by atoms with van der Waals surface area (Å²) in [5, 5.41) is 5.06. The van der Waals surface area contributed by atoms with Crippen LogP contribution in [0.2, 0.25) is 10.2 Å². The number of hydrogen-bond donors (Lipinski definition) is 0. The van der Waals surface area contributed by atoms with E-state index >= 15 is 0 Å². The Kier molecular flexibility index (Phi) is 5.31. The van der Waals surface area contributed by atoms with Gasteiger partial charge in [-0.25, -0.2) is 4.98 Å². The Morgan fingerprint density at radius 2 is 2.18 bits per heavy atom. The molecule has 1 aliphatic heterocycles. The van der Waals surface area contributed by atoms with Gasteiger partial charge in [-0.05, 0) is 25.3 Å². The van der Waals surface area contributed by atoms with Crippen molar-refractivity contribution in [3.63, 3.8) is 0 Å². The number of rotatable bonds is 5. The van der Waals surface area contributed by atoms with Crippen LogP contribution in [0.1, 0.15) is 19.3 Å². The van der Waals surface area contributed by atoms with E-state index < -0.39 is 0 Å². The molecule has 1 aliphatic rings. The monoisotopic (exact) mass is 341 g/mol. The number of nitrogens with zero attached hydrogens (tertiary/aromatic N) is 3. The van der Waals surface area contributed by atoms with Crippen LogP contribution in [-0.4, -0.2) is 34.3 Å². The van der Waals surface area contributed by atoms with Gasteiger partial charge in [-0.2, -0.15) is 5.10 Å². The zero-order chi connectivity index (χ0) is 15.4. The molecule has 3 heterocycles. The van der Waals surface area contributed by atoms with Crippen LogP contribution in [0.4, 0.5) is 0 Å². The topological polar surface area (TPSA) is 49.2 Å². The molecule has 3 rings (SSSR count). The highest BCUT2D eigenvalue weighted by Gasteiger charge is 2.13. The minimum Gasteiger partial charge on any atom is -0.353 e. The first-order valence-electron chi connectivity index (χ1n) is 7.29. The van der Waals surface area contributed by atoms with E-state index in [1.54, 1.807) is 18.5 Å². The van der Waals surface area contributed by atoms with Gasteiger partial charge in [0.15, 0.2) is 6.29 Å². The van der Waals surface area contributed by atoms with E-state index in [9.17, 15) is 0 Å². The molecule has 0 spiro atoms. The van der Waals surface area contributed by atoms with Crippen molar-refractivity contribution >= 4 is 23.2 Å². The molecule has 0 aromatic carbocycles. The fourth-order valence-electron chi connectivity index (χ4n) is 2.33. The van der Waals surface area contributed by atoms with Crippen LogP contribution in [0.5, 0.6) is 0 Å². The molecule has 1 atom stereocenters. The first-order valence-corrected chi connectivity index (χ1v) is 8.05. The van der Waals surface area contributed by atoms with Crippen molar-refractivity contribution in [3.8, 4) is 11.1 Å². The van der Waals surface area contributed by atoms with Crippen molar-refractivity contribution < 1.29 is 9.47 Å². The second-order valence-electron chi connectivity index (χ2n) is 5.16. The van der Waals surface area contributed by atoms with Gasteiger partial charge in [0.1, 0.15) is 5.15 Å². The molecule has 0 saturated carbocycles. The highest BCUT2D eigenvalue weighted by Crippen LogP contribution is 2.26. The summed E-state index contributed by atoms with van der Waals surface area (Å²) in [6.45, 7) is 2.04. The van der Waals surface area contributed by atoms with Crippen LogP contribution in [0, 0.1) is 0 Å². The van der Waals surface area contributed by atoms with E-state index in [1.807, 2.05) is 10.9 Å². The Morgan fingerprint density at radius 3 is 2.95 bits per heavy atom. The van der Waals surface area contributed by atoms with E-state index in [-0.39, 0.29) is 6.29 Å². The molecule has 5 nitrogen and oxygen atoms in total. The van der Waals surface area contributed by atoms with Crippen LogP contribution in [0.3, 0.4) is 0 Å². The molecular formula is C15H17Cl2N3O2. The Hall–Kier alpha value is -1.14. The SMILES string of the molecule is Clc1cc(-c2cnn(CCOC3CCCCO3)c2)cnc1Cl. The number of halogens is 2. The third-order valence-corrected chi connectivity index (χ3v) is 4.21. The maximum atomic E-state index is 5.98. The van der Waals surface area contributed by atoms with E-state index in [4.69, 9.17) is 32.7 Å². The molecule has 0 radical (unpaired) electrons. The third-order valence-electron chi connectivity index (χ3n) is 3.52. The van der Waals surface area contributed by atoms with Crippen LogP contribution in [0.25, 0.3) is 11.1 Å². The lowest BCUT2D eigenvalue weighted by Crippen LogP contribution is -2.24. The summed E-state index contributed by atoms with van der Waals surface area (Å²) in [5.41, 5.74) is 1.83. The summed E-state index contributed by atoms with van der Waals surface area (Å²) in [4.78, 5) is 4.04. The molecule has 1 saturated heterocycles. The van der Waals surface area contributed by atoms with E-state index in [0.29, 0.717) is 23.3 Å². The minimum absolute atomic E-state index is 0.0666. The van der Waals surface area contributed by atoms with Gasteiger partial charge in [0.05, 0.1) is 24.4 Å². The first-order chi connectivity index (χ1) is 10.7. The van der Waals surface area contributed by atoms with Gasteiger partial charge in [0, 0.05) is 30.1 Å². The lowest BCUT2D eigenvalue weighted by molar-refractivity contribution is -0.163. The second kappa shape index (κ2) is 7.42. The molecule has 118 valence electrons. The van der Waals surface area contributed by atoms with Crippen LogP contribution < -0.4 is 0 Å². The summed E-state index contributed by atoms with van der Waals surface area (Å²) in [6.07, 6.45) is 8.59. The van der Waals surface area contributed by atoms with Crippen LogP contribution in [0.15, 0.2) is 24.7 Å². The maximum absolute atomic E-state index is 5.98. The third kappa shape index (κ3) is 3.98. The molecular weight excluding hydrogens is 325 g/mol. The summed E-state index contributed by atoms with van der Waals surface area (Å²) in [6, 6.07) is 1.78. The predicted octanol–water partition coefficient (Wildman–Crippen LogP) is 3.80. The van der Waals surface area contributed by atoms with Crippen molar-refractivity contribution in [2.24, 2.45) is 0 Å². The Morgan fingerprint density at radius 1 is 1.27 bits per heavy atom. The van der Waals surface area contributed by atoms with Gasteiger partial charge >= 0.3 is 0 Å². The average Bonchev–Trinajstić information content (AvgIpc) is 3.00. The van der Waals surface area contributed by atoms with Crippen molar-refractivity contribution in [2.45, 2.75) is 32.1 Å². The molecule has 1 unspecified atom stereocenters. The van der Waals surface area contributed by atoms with Gasteiger partial charge in [-0.1, -0.05) is 23.2 Å².